The molecule has 0 bridgehead atoms. The third-order valence-electron chi connectivity index (χ3n) is 3.27. The van der Waals surface area contributed by atoms with Crippen molar-refractivity contribution in [3.05, 3.63) is 59.6 Å². The Hall–Kier alpha value is -2.96. The smallest absolute Gasteiger partial charge is 0.286 e. The number of aryl methyl sites for hydroxylation is 1. The Morgan fingerprint density at radius 1 is 1.35 bits per heavy atom. The second-order valence-electron chi connectivity index (χ2n) is 4.96. The molecule has 23 heavy (non-hydrogen) atoms. The number of rotatable bonds is 5. The zero-order valence-electron chi connectivity index (χ0n) is 12.4. The lowest BCUT2D eigenvalue weighted by Crippen LogP contribution is -2.25. The van der Waals surface area contributed by atoms with Crippen LogP contribution >= 0.6 is 0 Å². The zero-order chi connectivity index (χ0) is 16.2. The normalized spacial score (nSPS) is 10.7. The third-order valence-corrected chi connectivity index (χ3v) is 3.27. The van der Waals surface area contributed by atoms with Gasteiger partial charge in [-0.05, 0) is 30.7 Å². The molecular weight excluding hydrogens is 301 g/mol. The number of nitrogens with one attached hydrogen (secondary N) is 1. The molecule has 0 saturated heterocycles. The summed E-state index contributed by atoms with van der Waals surface area (Å²) in [5, 5.41) is 6.50. The summed E-state index contributed by atoms with van der Waals surface area (Å²) in [7, 11) is 0. The van der Waals surface area contributed by atoms with E-state index >= 15 is 0 Å². The number of carbonyl (C=O) groups is 1. The van der Waals surface area contributed by atoms with Gasteiger partial charge in [-0.1, -0.05) is 17.3 Å². The Balaban J connectivity index is 1.59. The van der Waals surface area contributed by atoms with Crippen LogP contribution in [0.5, 0.6) is 0 Å². The number of nitrogens with zero attached hydrogens (tertiary/aromatic N) is 2. The molecule has 0 saturated carbocycles. The molecule has 6 nitrogen and oxygen atoms in total. The van der Waals surface area contributed by atoms with Crippen LogP contribution in [0, 0.1) is 12.7 Å². The molecule has 7 heteroatoms. The van der Waals surface area contributed by atoms with Gasteiger partial charge in [0.25, 0.3) is 5.91 Å². The Kier molecular flexibility index (Phi) is 4.18. The number of furan rings is 1. The van der Waals surface area contributed by atoms with Crippen molar-refractivity contribution in [2.24, 2.45) is 0 Å². The molecule has 3 rings (SSSR count). The van der Waals surface area contributed by atoms with Gasteiger partial charge < -0.3 is 14.3 Å². The lowest BCUT2D eigenvalue weighted by Gasteiger charge is -1.99. The van der Waals surface area contributed by atoms with Crippen LogP contribution in [-0.2, 0) is 6.42 Å². The first-order valence-corrected chi connectivity index (χ1v) is 7.04. The van der Waals surface area contributed by atoms with E-state index in [4.69, 9.17) is 8.94 Å². The summed E-state index contributed by atoms with van der Waals surface area (Å²) in [5.41, 5.74) is 1.10. The van der Waals surface area contributed by atoms with Crippen LogP contribution in [0.15, 0.2) is 45.5 Å². The van der Waals surface area contributed by atoms with Crippen molar-refractivity contribution in [1.82, 2.24) is 15.5 Å². The first-order chi connectivity index (χ1) is 11.1. The highest BCUT2D eigenvalue weighted by atomic mass is 19.1. The van der Waals surface area contributed by atoms with Gasteiger partial charge in [0.05, 0.1) is 6.26 Å². The summed E-state index contributed by atoms with van der Waals surface area (Å²) in [6.07, 6.45) is 1.80. The van der Waals surface area contributed by atoms with E-state index in [2.05, 4.69) is 15.5 Å². The van der Waals surface area contributed by atoms with Gasteiger partial charge in [0.1, 0.15) is 5.82 Å². The number of hydrogen-bond acceptors (Lipinski definition) is 5. The predicted octanol–water partition coefficient (Wildman–Crippen LogP) is 2.75. The second kappa shape index (κ2) is 6.43. The fourth-order valence-corrected chi connectivity index (χ4v) is 1.98. The summed E-state index contributed by atoms with van der Waals surface area (Å²) >= 11 is 0. The fraction of sp³-hybridized carbons (Fsp3) is 0.188. The first-order valence-electron chi connectivity index (χ1n) is 7.04. The monoisotopic (exact) mass is 315 g/mol. The Labute approximate surface area is 131 Å². The standard InChI is InChI=1S/C16H14FN3O3/c1-10-4-5-11(9-12(10)17)15-19-14(23-20-15)6-7-18-16(21)13-3-2-8-22-13/h2-5,8-9H,6-7H2,1H3,(H,18,21). The van der Waals surface area contributed by atoms with Crippen molar-refractivity contribution in [3.8, 4) is 11.4 Å². The quantitative estimate of drug-likeness (QED) is 0.783. The van der Waals surface area contributed by atoms with Gasteiger partial charge in [-0.2, -0.15) is 4.98 Å². The molecule has 1 N–H and O–H groups in total. The van der Waals surface area contributed by atoms with Crippen LogP contribution in [-0.4, -0.2) is 22.6 Å². The largest absolute Gasteiger partial charge is 0.459 e. The number of halogens is 1. The van der Waals surface area contributed by atoms with Gasteiger partial charge in [-0.3, -0.25) is 4.79 Å². The molecule has 0 radical (unpaired) electrons. The number of aromatic nitrogens is 2. The van der Waals surface area contributed by atoms with Crippen molar-refractivity contribution in [1.29, 1.82) is 0 Å². The molecule has 0 aliphatic rings. The fourth-order valence-electron chi connectivity index (χ4n) is 1.98. The molecule has 3 aromatic rings. The van der Waals surface area contributed by atoms with E-state index in [1.165, 1.54) is 12.3 Å². The van der Waals surface area contributed by atoms with Crippen molar-refractivity contribution in [3.63, 3.8) is 0 Å². The number of carbonyl (C=O) groups excluding carboxylic acids is 1. The van der Waals surface area contributed by atoms with Crippen molar-refractivity contribution >= 4 is 5.91 Å². The minimum absolute atomic E-state index is 0.242. The molecule has 2 aromatic heterocycles. The second-order valence-corrected chi connectivity index (χ2v) is 4.96. The van der Waals surface area contributed by atoms with Crippen LogP contribution in [0.3, 0.4) is 0 Å². The average molecular weight is 315 g/mol. The summed E-state index contributed by atoms with van der Waals surface area (Å²) in [5.74, 6) is 0.290. The molecule has 0 aliphatic carbocycles. The van der Waals surface area contributed by atoms with Gasteiger partial charge in [0.2, 0.25) is 11.7 Å². The lowest BCUT2D eigenvalue weighted by atomic mass is 10.1. The highest BCUT2D eigenvalue weighted by Gasteiger charge is 2.12. The number of hydrogen-bond donors (Lipinski definition) is 1. The predicted molar refractivity (Wildman–Crippen MR) is 79.2 cm³/mol. The molecule has 0 fully saturated rings. The maximum absolute atomic E-state index is 13.6. The first kappa shape index (κ1) is 15.0. The van der Waals surface area contributed by atoms with Gasteiger partial charge in [0.15, 0.2) is 5.76 Å². The van der Waals surface area contributed by atoms with E-state index in [0.29, 0.717) is 35.8 Å². The molecule has 1 aromatic carbocycles. The van der Waals surface area contributed by atoms with E-state index in [1.807, 2.05) is 0 Å². The van der Waals surface area contributed by atoms with Crippen LogP contribution in [0.2, 0.25) is 0 Å². The molecule has 0 aliphatic heterocycles. The van der Waals surface area contributed by atoms with Crippen LogP contribution in [0.25, 0.3) is 11.4 Å². The summed E-state index contributed by atoms with van der Waals surface area (Å²) in [4.78, 5) is 15.9. The van der Waals surface area contributed by atoms with Crippen molar-refractivity contribution in [2.75, 3.05) is 6.54 Å². The van der Waals surface area contributed by atoms with Gasteiger partial charge >= 0.3 is 0 Å². The maximum Gasteiger partial charge on any atom is 0.286 e. The molecule has 1 amide bonds. The maximum atomic E-state index is 13.6. The molecule has 118 valence electrons. The number of amides is 1. The minimum Gasteiger partial charge on any atom is -0.459 e. The van der Waals surface area contributed by atoms with Crippen LogP contribution in [0.1, 0.15) is 22.0 Å². The molecule has 2 heterocycles. The van der Waals surface area contributed by atoms with E-state index in [9.17, 15) is 9.18 Å². The minimum atomic E-state index is -0.320. The summed E-state index contributed by atoms with van der Waals surface area (Å²) < 4.78 is 23.6. The van der Waals surface area contributed by atoms with E-state index < -0.39 is 0 Å². The molecule has 0 unspecified atom stereocenters. The number of benzene rings is 1. The van der Waals surface area contributed by atoms with Crippen LogP contribution in [0.4, 0.5) is 4.39 Å². The van der Waals surface area contributed by atoms with E-state index in [0.717, 1.165) is 0 Å². The Morgan fingerprint density at radius 3 is 2.96 bits per heavy atom. The highest BCUT2D eigenvalue weighted by molar-refractivity contribution is 5.91. The van der Waals surface area contributed by atoms with E-state index in [-0.39, 0.29) is 17.5 Å². The Bertz CT molecular complexity index is 812. The van der Waals surface area contributed by atoms with Gasteiger partial charge in [-0.15, -0.1) is 0 Å². The van der Waals surface area contributed by atoms with E-state index in [1.54, 1.807) is 31.2 Å². The van der Waals surface area contributed by atoms with Crippen molar-refractivity contribution in [2.45, 2.75) is 13.3 Å². The average Bonchev–Trinajstić information content (AvgIpc) is 3.21. The van der Waals surface area contributed by atoms with Gasteiger partial charge in [0, 0.05) is 18.5 Å². The van der Waals surface area contributed by atoms with Crippen LogP contribution < -0.4 is 5.32 Å². The third kappa shape index (κ3) is 3.45. The Morgan fingerprint density at radius 2 is 2.22 bits per heavy atom. The topological polar surface area (TPSA) is 81.2 Å². The molecular formula is C16H14FN3O3. The summed E-state index contributed by atoms with van der Waals surface area (Å²) in [6, 6.07) is 7.96. The zero-order valence-corrected chi connectivity index (χ0v) is 12.4. The van der Waals surface area contributed by atoms with Crippen molar-refractivity contribution < 1.29 is 18.1 Å². The molecule has 0 atom stereocenters. The highest BCUT2D eigenvalue weighted by Crippen LogP contribution is 2.19. The molecule has 0 spiro atoms. The SMILES string of the molecule is Cc1ccc(-c2noc(CCNC(=O)c3ccco3)n2)cc1F. The summed E-state index contributed by atoms with van der Waals surface area (Å²) in [6.45, 7) is 2.01. The lowest BCUT2D eigenvalue weighted by molar-refractivity contribution is 0.0925. The van der Waals surface area contributed by atoms with Gasteiger partial charge in [-0.25, -0.2) is 4.39 Å².